The molecule has 4 nitrogen and oxygen atoms in total. The standard InChI is InChI=1S/C13H15NO3/c1-9(14-13(15)8-16-2)12-7-10-5-3-4-6-11(10)17-12/h3-7,9H,8H2,1-2H3,(H,14,15). The minimum absolute atomic E-state index is 0.0601. The first-order valence-corrected chi connectivity index (χ1v) is 5.47. The predicted molar refractivity (Wildman–Crippen MR) is 64.6 cm³/mol. The van der Waals surface area contributed by atoms with Gasteiger partial charge in [-0.05, 0) is 19.1 Å². The number of nitrogens with one attached hydrogen (secondary N) is 1. The lowest BCUT2D eigenvalue weighted by atomic mass is 10.2. The van der Waals surface area contributed by atoms with Crippen molar-refractivity contribution in [1.29, 1.82) is 0 Å². The number of rotatable bonds is 4. The van der Waals surface area contributed by atoms with E-state index < -0.39 is 0 Å². The average Bonchev–Trinajstić information content (AvgIpc) is 2.72. The summed E-state index contributed by atoms with van der Waals surface area (Å²) in [5, 5.41) is 3.84. The number of carbonyl (C=O) groups excluding carboxylic acids is 1. The van der Waals surface area contributed by atoms with E-state index in [4.69, 9.17) is 9.15 Å². The highest BCUT2D eigenvalue weighted by Gasteiger charge is 2.13. The first kappa shape index (κ1) is 11.7. The van der Waals surface area contributed by atoms with Gasteiger partial charge in [0.2, 0.25) is 5.91 Å². The number of carbonyl (C=O) groups is 1. The van der Waals surface area contributed by atoms with Gasteiger partial charge in [0.1, 0.15) is 18.0 Å². The van der Waals surface area contributed by atoms with Gasteiger partial charge in [-0.15, -0.1) is 0 Å². The fourth-order valence-electron chi connectivity index (χ4n) is 1.70. The molecule has 0 aliphatic heterocycles. The third-order valence-electron chi connectivity index (χ3n) is 2.52. The number of hydrogen-bond donors (Lipinski definition) is 1. The van der Waals surface area contributed by atoms with E-state index in [0.29, 0.717) is 0 Å². The summed E-state index contributed by atoms with van der Waals surface area (Å²) in [5.41, 5.74) is 0.829. The molecule has 1 atom stereocenters. The van der Waals surface area contributed by atoms with Crippen molar-refractivity contribution in [3.05, 3.63) is 36.1 Å². The molecule has 1 heterocycles. The lowest BCUT2D eigenvalue weighted by molar-refractivity contribution is -0.125. The summed E-state index contributed by atoms with van der Waals surface area (Å²) >= 11 is 0. The summed E-state index contributed by atoms with van der Waals surface area (Å²) in [4.78, 5) is 11.4. The molecule has 0 bridgehead atoms. The molecule has 2 rings (SSSR count). The SMILES string of the molecule is COCC(=O)NC(C)c1cc2ccccc2o1. The van der Waals surface area contributed by atoms with Gasteiger partial charge in [0.15, 0.2) is 0 Å². The highest BCUT2D eigenvalue weighted by Crippen LogP contribution is 2.23. The van der Waals surface area contributed by atoms with Crippen LogP contribution >= 0.6 is 0 Å². The number of methoxy groups -OCH3 is 1. The van der Waals surface area contributed by atoms with Crippen molar-refractivity contribution in [3.63, 3.8) is 0 Å². The van der Waals surface area contributed by atoms with Crippen LogP contribution in [0.2, 0.25) is 0 Å². The Morgan fingerprint density at radius 2 is 2.24 bits per heavy atom. The Balaban J connectivity index is 2.13. The maximum Gasteiger partial charge on any atom is 0.246 e. The van der Waals surface area contributed by atoms with E-state index in [0.717, 1.165) is 16.7 Å². The smallest absolute Gasteiger partial charge is 0.246 e. The lowest BCUT2D eigenvalue weighted by Gasteiger charge is -2.10. The zero-order valence-electron chi connectivity index (χ0n) is 9.90. The van der Waals surface area contributed by atoms with E-state index in [1.807, 2.05) is 37.3 Å². The molecule has 17 heavy (non-hydrogen) atoms. The zero-order chi connectivity index (χ0) is 12.3. The third kappa shape index (κ3) is 2.65. The van der Waals surface area contributed by atoms with Crippen LogP contribution in [-0.2, 0) is 9.53 Å². The predicted octanol–water partition coefficient (Wildman–Crippen LogP) is 2.26. The molecule has 1 aromatic heterocycles. The molecule has 1 amide bonds. The Morgan fingerprint density at radius 1 is 1.47 bits per heavy atom. The van der Waals surface area contributed by atoms with Gasteiger partial charge in [-0.25, -0.2) is 0 Å². The Morgan fingerprint density at radius 3 is 2.94 bits per heavy atom. The van der Waals surface area contributed by atoms with Crippen molar-refractivity contribution in [1.82, 2.24) is 5.32 Å². The molecule has 0 spiro atoms. The normalized spacial score (nSPS) is 12.6. The van der Waals surface area contributed by atoms with Gasteiger partial charge >= 0.3 is 0 Å². The number of furan rings is 1. The van der Waals surface area contributed by atoms with E-state index in [1.54, 1.807) is 0 Å². The topological polar surface area (TPSA) is 51.5 Å². The Labute approximate surface area is 99.6 Å². The summed E-state index contributed by atoms with van der Waals surface area (Å²) in [5.74, 6) is 0.594. The van der Waals surface area contributed by atoms with Crippen molar-refractivity contribution >= 4 is 16.9 Å². The quantitative estimate of drug-likeness (QED) is 0.881. The van der Waals surface area contributed by atoms with Crippen LogP contribution in [0.25, 0.3) is 11.0 Å². The number of hydrogen-bond acceptors (Lipinski definition) is 3. The van der Waals surface area contributed by atoms with Crippen LogP contribution in [0.3, 0.4) is 0 Å². The largest absolute Gasteiger partial charge is 0.459 e. The van der Waals surface area contributed by atoms with Crippen LogP contribution < -0.4 is 5.32 Å². The highest BCUT2D eigenvalue weighted by molar-refractivity contribution is 5.79. The second-order valence-electron chi connectivity index (χ2n) is 3.91. The summed E-state index contributed by atoms with van der Waals surface area (Å²) in [6.07, 6.45) is 0. The molecular weight excluding hydrogens is 218 g/mol. The molecule has 1 N–H and O–H groups in total. The van der Waals surface area contributed by atoms with E-state index in [9.17, 15) is 4.79 Å². The van der Waals surface area contributed by atoms with Crippen molar-refractivity contribution in [2.45, 2.75) is 13.0 Å². The maximum atomic E-state index is 11.4. The maximum absolute atomic E-state index is 11.4. The fraction of sp³-hybridized carbons (Fsp3) is 0.308. The van der Waals surface area contributed by atoms with Gasteiger partial charge in [0, 0.05) is 12.5 Å². The molecule has 1 unspecified atom stereocenters. The van der Waals surface area contributed by atoms with Gasteiger partial charge in [0.25, 0.3) is 0 Å². The van der Waals surface area contributed by atoms with Gasteiger partial charge < -0.3 is 14.5 Å². The summed E-state index contributed by atoms with van der Waals surface area (Å²) in [6, 6.07) is 9.53. The Hall–Kier alpha value is -1.81. The van der Waals surface area contributed by atoms with E-state index >= 15 is 0 Å². The lowest BCUT2D eigenvalue weighted by Crippen LogP contribution is -2.29. The van der Waals surface area contributed by atoms with Crippen LogP contribution in [0, 0.1) is 0 Å². The summed E-state index contributed by atoms with van der Waals surface area (Å²) in [7, 11) is 1.49. The van der Waals surface area contributed by atoms with Gasteiger partial charge in [-0.2, -0.15) is 0 Å². The Bertz CT molecular complexity index is 485. The van der Waals surface area contributed by atoms with Gasteiger partial charge in [0.05, 0.1) is 6.04 Å². The highest BCUT2D eigenvalue weighted by atomic mass is 16.5. The summed E-state index contributed by atoms with van der Waals surface area (Å²) < 4.78 is 10.4. The number of benzene rings is 1. The van der Waals surface area contributed by atoms with E-state index in [2.05, 4.69) is 5.32 Å². The Kier molecular flexibility index (Phi) is 3.44. The molecular formula is C13H15NO3. The van der Waals surface area contributed by atoms with Crippen LogP contribution in [0.15, 0.2) is 34.7 Å². The summed E-state index contributed by atoms with van der Waals surface area (Å²) in [6.45, 7) is 1.94. The number of para-hydroxylation sites is 1. The number of amides is 1. The molecule has 4 heteroatoms. The average molecular weight is 233 g/mol. The van der Waals surface area contributed by atoms with Crippen molar-refractivity contribution in [2.24, 2.45) is 0 Å². The van der Waals surface area contributed by atoms with Crippen LogP contribution in [0.1, 0.15) is 18.7 Å². The monoisotopic (exact) mass is 233 g/mol. The molecule has 90 valence electrons. The molecule has 0 saturated heterocycles. The molecule has 0 fully saturated rings. The van der Waals surface area contributed by atoms with E-state index in [-0.39, 0.29) is 18.6 Å². The van der Waals surface area contributed by atoms with Crippen LogP contribution in [0.5, 0.6) is 0 Å². The van der Waals surface area contributed by atoms with E-state index in [1.165, 1.54) is 7.11 Å². The fourth-order valence-corrected chi connectivity index (χ4v) is 1.70. The van der Waals surface area contributed by atoms with Gasteiger partial charge in [-0.3, -0.25) is 4.79 Å². The first-order chi connectivity index (χ1) is 8.20. The van der Waals surface area contributed by atoms with Crippen LogP contribution in [-0.4, -0.2) is 19.6 Å². The minimum atomic E-state index is -0.162. The second kappa shape index (κ2) is 5.01. The van der Waals surface area contributed by atoms with Crippen molar-refractivity contribution < 1.29 is 13.9 Å². The number of ether oxygens (including phenoxy) is 1. The first-order valence-electron chi connectivity index (χ1n) is 5.47. The molecule has 0 aliphatic carbocycles. The second-order valence-corrected chi connectivity index (χ2v) is 3.91. The molecule has 2 aromatic rings. The van der Waals surface area contributed by atoms with Crippen LogP contribution in [0.4, 0.5) is 0 Å². The molecule has 0 aliphatic rings. The minimum Gasteiger partial charge on any atom is -0.459 e. The van der Waals surface area contributed by atoms with Crippen molar-refractivity contribution in [2.75, 3.05) is 13.7 Å². The van der Waals surface area contributed by atoms with Crippen molar-refractivity contribution in [3.8, 4) is 0 Å². The number of fused-ring (bicyclic) bond motifs is 1. The zero-order valence-corrected chi connectivity index (χ0v) is 9.90. The molecule has 0 radical (unpaired) electrons. The molecule has 1 aromatic carbocycles. The third-order valence-corrected chi connectivity index (χ3v) is 2.52. The van der Waals surface area contributed by atoms with Gasteiger partial charge in [-0.1, -0.05) is 18.2 Å². The molecule has 0 saturated carbocycles.